The number of aliphatic carboxylic acids is 1. The van der Waals surface area contributed by atoms with E-state index in [2.05, 4.69) is 22.4 Å². The maximum Gasteiger partial charge on any atom is 0.303 e. The highest BCUT2D eigenvalue weighted by Crippen LogP contribution is 2.33. The van der Waals surface area contributed by atoms with E-state index in [-0.39, 0.29) is 18.6 Å². The molecule has 0 radical (unpaired) electrons. The van der Waals surface area contributed by atoms with Gasteiger partial charge in [0.05, 0.1) is 6.42 Å². The molecule has 2 N–H and O–H groups in total. The number of rotatable bonds is 10. The van der Waals surface area contributed by atoms with E-state index in [4.69, 9.17) is 14.5 Å². The Bertz CT molecular complexity index is 978. The summed E-state index contributed by atoms with van der Waals surface area (Å²) < 4.78 is 11.0. The van der Waals surface area contributed by atoms with Crippen molar-refractivity contribution in [2.75, 3.05) is 25.1 Å². The first-order chi connectivity index (χ1) is 15.6. The fourth-order valence-corrected chi connectivity index (χ4v) is 4.20. The van der Waals surface area contributed by atoms with Crippen LogP contribution in [0, 0.1) is 0 Å². The zero-order valence-electron chi connectivity index (χ0n) is 18.1. The molecule has 4 heterocycles. The van der Waals surface area contributed by atoms with E-state index in [0.717, 1.165) is 50.2 Å². The molecule has 4 rings (SSSR count). The van der Waals surface area contributed by atoms with Crippen LogP contribution in [0.1, 0.15) is 61.3 Å². The maximum absolute atomic E-state index is 12.6. The van der Waals surface area contributed by atoms with Crippen LogP contribution in [0.15, 0.2) is 24.4 Å². The van der Waals surface area contributed by atoms with E-state index in [1.165, 1.54) is 5.56 Å². The third-order valence-electron chi connectivity index (χ3n) is 5.88. The lowest BCUT2D eigenvalue weighted by atomic mass is 9.90. The second kappa shape index (κ2) is 10.4. The van der Waals surface area contributed by atoms with Crippen LogP contribution in [0.4, 0.5) is 5.82 Å². The number of Topliss-reactive ketones (excluding diaryl/α,β-unsaturated/α-hetero) is 1. The van der Waals surface area contributed by atoms with Gasteiger partial charge in [-0.05, 0) is 55.4 Å². The number of anilines is 1. The van der Waals surface area contributed by atoms with Crippen molar-refractivity contribution in [3.63, 3.8) is 0 Å². The molecule has 0 saturated carbocycles. The number of pyridine rings is 2. The fourth-order valence-electron chi connectivity index (χ4n) is 4.20. The third kappa shape index (κ3) is 5.75. The van der Waals surface area contributed by atoms with Crippen LogP contribution < -0.4 is 14.8 Å². The van der Waals surface area contributed by atoms with Crippen LogP contribution in [0.25, 0.3) is 0 Å². The molecule has 0 spiro atoms. The molecule has 8 heteroatoms. The lowest BCUT2D eigenvalue weighted by molar-refractivity contribution is -0.137. The van der Waals surface area contributed by atoms with Crippen LogP contribution in [0.3, 0.4) is 0 Å². The van der Waals surface area contributed by atoms with Crippen LogP contribution >= 0.6 is 0 Å². The highest BCUT2D eigenvalue weighted by atomic mass is 16.6. The van der Waals surface area contributed by atoms with Gasteiger partial charge in [0.15, 0.2) is 5.75 Å². The van der Waals surface area contributed by atoms with E-state index in [0.29, 0.717) is 36.8 Å². The van der Waals surface area contributed by atoms with E-state index in [1.54, 1.807) is 12.3 Å². The van der Waals surface area contributed by atoms with Gasteiger partial charge in [0.1, 0.15) is 24.8 Å². The molecule has 2 aromatic heterocycles. The molecule has 0 aromatic carbocycles. The molecule has 0 saturated heterocycles. The molecule has 0 aliphatic carbocycles. The summed E-state index contributed by atoms with van der Waals surface area (Å²) in [5.74, 6) is 0.595. The van der Waals surface area contributed by atoms with E-state index >= 15 is 0 Å². The van der Waals surface area contributed by atoms with Gasteiger partial charge in [-0.15, -0.1) is 0 Å². The van der Waals surface area contributed by atoms with Crippen LogP contribution in [0.2, 0.25) is 0 Å². The van der Waals surface area contributed by atoms with Crippen molar-refractivity contribution >= 4 is 17.6 Å². The quantitative estimate of drug-likeness (QED) is 0.541. The number of carboxylic acids is 1. The number of nitrogens with one attached hydrogen (secondary N) is 1. The van der Waals surface area contributed by atoms with E-state index in [1.807, 2.05) is 0 Å². The molecule has 0 amide bonds. The largest absolute Gasteiger partial charge is 0.484 e. The van der Waals surface area contributed by atoms with E-state index < -0.39 is 11.9 Å². The summed E-state index contributed by atoms with van der Waals surface area (Å²) in [7, 11) is 0. The summed E-state index contributed by atoms with van der Waals surface area (Å²) in [5, 5.41) is 12.7. The SMILES string of the molecule is O=C(O)C[C@H](CC(=O)CCCCc1ccc2c(n1)NCCC2)c1cnc2c(c1)OCCO2. The van der Waals surface area contributed by atoms with Crippen molar-refractivity contribution in [2.24, 2.45) is 0 Å². The normalized spacial score (nSPS) is 15.4. The predicted molar refractivity (Wildman–Crippen MR) is 118 cm³/mol. The molecule has 2 aliphatic rings. The number of carboxylic acid groups (broad SMARTS) is 1. The number of ketones is 1. The van der Waals surface area contributed by atoms with Crippen LogP contribution in [-0.4, -0.2) is 46.6 Å². The molecular weight excluding hydrogens is 410 g/mol. The number of hydrogen-bond donors (Lipinski definition) is 2. The molecule has 170 valence electrons. The summed E-state index contributed by atoms with van der Waals surface area (Å²) in [5.41, 5.74) is 3.00. The van der Waals surface area contributed by atoms with Gasteiger partial charge in [0.2, 0.25) is 0 Å². The Morgan fingerprint density at radius 2 is 2.03 bits per heavy atom. The lowest BCUT2D eigenvalue weighted by Crippen LogP contribution is -2.17. The number of unbranched alkanes of at least 4 members (excludes halogenated alkanes) is 1. The summed E-state index contributed by atoms with van der Waals surface area (Å²) in [6, 6.07) is 5.97. The van der Waals surface area contributed by atoms with Crippen LogP contribution in [-0.2, 0) is 22.4 Å². The maximum atomic E-state index is 12.6. The number of carbonyl (C=O) groups excluding carboxylic acids is 1. The second-order valence-electron chi connectivity index (χ2n) is 8.35. The number of fused-ring (bicyclic) bond motifs is 2. The monoisotopic (exact) mass is 439 g/mol. The van der Waals surface area contributed by atoms with Crippen LogP contribution in [0.5, 0.6) is 11.6 Å². The average Bonchev–Trinajstić information content (AvgIpc) is 2.80. The van der Waals surface area contributed by atoms with Crippen molar-refractivity contribution in [2.45, 2.75) is 57.3 Å². The minimum absolute atomic E-state index is 0.0613. The first-order valence-electron chi connectivity index (χ1n) is 11.3. The highest BCUT2D eigenvalue weighted by molar-refractivity contribution is 5.80. The second-order valence-corrected chi connectivity index (χ2v) is 8.35. The van der Waals surface area contributed by atoms with Crippen molar-refractivity contribution in [1.82, 2.24) is 9.97 Å². The molecular formula is C24H29N3O5. The topological polar surface area (TPSA) is 111 Å². The Labute approximate surface area is 187 Å². The highest BCUT2D eigenvalue weighted by Gasteiger charge is 2.23. The summed E-state index contributed by atoms with van der Waals surface area (Å²) >= 11 is 0. The van der Waals surface area contributed by atoms with Gasteiger partial charge in [0.25, 0.3) is 5.88 Å². The molecule has 0 unspecified atom stereocenters. The summed E-state index contributed by atoms with van der Waals surface area (Å²) in [6.45, 7) is 1.83. The number of aromatic nitrogens is 2. The minimum Gasteiger partial charge on any atom is -0.484 e. The Kier molecular flexibility index (Phi) is 7.19. The molecule has 0 fully saturated rings. The van der Waals surface area contributed by atoms with Gasteiger partial charge >= 0.3 is 5.97 Å². The zero-order valence-corrected chi connectivity index (χ0v) is 18.1. The van der Waals surface area contributed by atoms with Crippen molar-refractivity contribution in [1.29, 1.82) is 0 Å². The molecule has 1 atom stereocenters. The summed E-state index contributed by atoms with van der Waals surface area (Å²) in [4.78, 5) is 32.9. The fraction of sp³-hybridized carbons (Fsp3) is 0.500. The van der Waals surface area contributed by atoms with Gasteiger partial charge in [-0.25, -0.2) is 9.97 Å². The Morgan fingerprint density at radius 3 is 2.91 bits per heavy atom. The lowest BCUT2D eigenvalue weighted by Gasteiger charge is -2.20. The third-order valence-corrected chi connectivity index (χ3v) is 5.88. The summed E-state index contributed by atoms with van der Waals surface area (Å²) in [6.07, 6.45) is 6.72. The molecule has 2 aromatic rings. The minimum atomic E-state index is -0.940. The van der Waals surface area contributed by atoms with Gasteiger partial charge < -0.3 is 19.9 Å². The van der Waals surface area contributed by atoms with Gasteiger partial charge in [-0.3, -0.25) is 9.59 Å². The molecule has 0 bridgehead atoms. The zero-order chi connectivity index (χ0) is 22.3. The number of carbonyl (C=O) groups is 2. The first kappa shape index (κ1) is 22.0. The first-order valence-corrected chi connectivity index (χ1v) is 11.3. The van der Waals surface area contributed by atoms with Crippen molar-refractivity contribution in [3.8, 4) is 11.6 Å². The average molecular weight is 440 g/mol. The number of nitrogens with zero attached hydrogens (tertiary/aromatic N) is 2. The Balaban J connectivity index is 1.28. The van der Waals surface area contributed by atoms with Crippen molar-refractivity contribution in [3.05, 3.63) is 41.2 Å². The Hall–Kier alpha value is -3.16. The van der Waals surface area contributed by atoms with Gasteiger partial charge in [0, 0.05) is 37.2 Å². The predicted octanol–water partition coefficient (Wildman–Crippen LogP) is 3.54. The molecule has 32 heavy (non-hydrogen) atoms. The number of hydrogen-bond acceptors (Lipinski definition) is 7. The number of ether oxygens (including phenoxy) is 2. The van der Waals surface area contributed by atoms with Gasteiger partial charge in [-0.2, -0.15) is 0 Å². The molecule has 2 aliphatic heterocycles. The molecule has 8 nitrogen and oxygen atoms in total. The van der Waals surface area contributed by atoms with E-state index in [9.17, 15) is 14.7 Å². The standard InChI is InChI=1S/C24H29N3O5/c28-20(6-2-1-5-19-8-7-16-4-3-9-25-23(16)27-19)12-17(14-22(29)30)18-13-21-24(26-15-18)32-11-10-31-21/h7-8,13,15,17H,1-6,9-12,14H2,(H,25,27)(H,29,30)/t17-/m0/s1. The Morgan fingerprint density at radius 1 is 1.16 bits per heavy atom. The van der Waals surface area contributed by atoms with Crippen molar-refractivity contribution < 1.29 is 24.2 Å². The number of aryl methyl sites for hydroxylation is 2. The van der Waals surface area contributed by atoms with Gasteiger partial charge in [-0.1, -0.05) is 6.07 Å². The smallest absolute Gasteiger partial charge is 0.303 e.